The smallest absolute Gasteiger partial charge is 0.330 e. The Morgan fingerprint density at radius 2 is 1.84 bits per heavy atom. The van der Waals surface area contributed by atoms with Crippen LogP contribution in [0.4, 0.5) is 0 Å². The van der Waals surface area contributed by atoms with Crippen LogP contribution in [-0.4, -0.2) is 115 Å². The third-order valence-electron chi connectivity index (χ3n) is 8.55. The highest BCUT2D eigenvalue weighted by Gasteiger charge is 2.57. The molecule has 2 rings (SSSR count). The SMILES string of the molecule is C=CCCC(=O)CC1C[C@@H](CCOCC[C@@H](O)CC(=O)O[C@@H](CO)C[C@@H]2C/C(=C\C(=O)OC)[C@H](OC(C)=O)[C@](O)(C(C)(C)C=C)O2)OCO1. The lowest BCUT2D eigenvalue weighted by Crippen LogP contribution is -2.62. The Balaban J connectivity index is 1.87. The van der Waals surface area contributed by atoms with Crippen LogP contribution in [0.25, 0.3) is 0 Å². The molecule has 0 spiro atoms. The van der Waals surface area contributed by atoms with Crippen molar-refractivity contribution >= 4 is 23.7 Å². The standard InChI is InChI=1S/C35H54O14/c1-7-9-10-25(38)17-28-19-27(45-22-46-28)12-14-44-13-11-26(39)18-32(41)48-30(21-36)20-29-15-24(16-31(40)43-6)33(47-23(3)37)35(42,49-29)34(4,5)8-2/h7-8,16,26-30,33,36,39,42H,1-2,9-15,17-22H2,3-6H3/b24-16+/t26-,27-,28?,29+,30-,33+,35-/m1/s1. The lowest BCUT2D eigenvalue weighted by molar-refractivity contribution is -0.326. The maximum Gasteiger partial charge on any atom is 0.330 e. The summed E-state index contributed by atoms with van der Waals surface area (Å²) in [7, 11) is 1.18. The van der Waals surface area contributed by atoms with E-state index in [0.29, 0.717) is 38.7 Å². The summed E-state index contributed by atoms with van der Waals surface area (Å²) in [6.07, 6.45) is 1.74. The molecule has 49 heavy (non-hydrogen) atoms. The van der Waals surface area contributed by atoms with Crippen molar-refractivity contribution in [3.8, 4) is 0 Å². The molecule has 2 saturated heterocycles. The van der Waals surface area contributed by atoms with E-state index < -0.39 is 60.1 Å². The van der Waals surface area contributed by atoms with Crippen LogP contribution in [0.2, 0.25) is 0 Å². The summed E-state index contributed by atoms with van der Waals surface area (Å²) in [5.41, 5.74) is -1.00. The highest BCUT2D eigenvalue weighted by atomic mass is 16.7. The highest BCUT2D eigenvalue weighted by molar-refractivity contribution is 5.83. The maximum absolute atomic E-state index is 12.7. The Morgan fingerprint density at radius 1 is 1.12 bits per heavy atom. The van der Waals surface area contributed by atoms with Gasteiger partial charge in [-0.2, -0.15) is 0 Å². The van der Waals surface area contributed by atoms with Crippen LogP contribution in [0, 0.1) is 5.41 Å². The van der Waals surface area contributed by atoms with Crippen molar-refractivity contribution in [3.05, 3.63) is 37.0 Å². The topological polar surface area (TPSA) is 194 Å². The second kappa shape index (κ2) is 20.6. The number of hydrogen-bond donors (Lipinski definition) is 3. The van der Waals surface area contributed by atoms with E-state index in [4.69, 9.17) is 33.2 Å². The first-order chi connectivity index (χ1) is 23.2. The zero-order valence-corrected chi connectivity index (χ0v) is 29.1. The van der Waals surface area contributed by atoms with Gasteiger partial charge in [0.25, 0.3) is 0 Å². The number of aliphatic hydroxyl groups excluding tert-OH is 2. The van der Waals surface area contributed by atoms with E-state index in [0.717, 1.165) is 13.0 Å². The minimum absolute atomic E-state index is 0.0238. The monoisotopic (exact) mass is 698 g/mol. The number of Topliss-reactive ketones (excluding diaryl/α,β-unsaturated/α-hetero) is 1. The van der Waals surface area contributed by atoms with Gasteiger partial charge in [-0.3, -0.25) is 14.4 Å². The molecule has 14 nitrogen and oxygen atoms in total. The average Bonchev–Trinajstić information content (AvgIpc) is 3.04. The molecule has 14 heteroatoms. The fourth-order valence-electron chi connectivity index (χ4n) is 5.55. The summed E-state index contributed by atoms with van der Waals surface area (Å²) in [5.74, 6) is -4.30. The number of ether oxygens (including phenoxy) is 7. The van der Waals surface area contributed by atoms with Crippen LogP contribution in [0.3, 0.4) is 0 Å². The molecule has 7 atom stereocenters. The molecule has 0 amide bonds. The normalized spacial score (nSPS) is 26.3. The van der Waals surface area contributed by atoms with E-state index in [1.54, 1.807) is 19.9 Å². The zero-order chi connectivity index (χ0) is 36.6. The van der Waals surface area contributed by atoms with Gasteiger partial charge in [0.05, 0.1) is 44.6 Å². The van der Waals surface area contributed by atoms with Gasteiger partial charge in [-0.25, -0.2) is 4.79 Å². The van der Waals surface area contributed by atoms with Gasteiger partial charge in [0.15, 0.2) is 6.10 Å². The van der Waals surface area contributed by atoms with Gasteiger partial charge in [0.1, 0.15) is 18.7 Å². The molecule has 1 unspecified atom stereocenters. The lowest BCUT2D eigenvalue weighted by Gasteiger charge is -2.50. The van der Waals surface area contributed by atoms with Crippen molar-refractivity contribution in [2.75, 3.05) is 33.7 Å². The van der Waals surface area contributed by atoms with Crippen LogP contribution in [0.15, 0.2) is 37.0 Å². The van der Waals surface area contributed by atoms with Crippen LogP contribution in [-0.2, 0) is 52.3 Å². The molecule has 3 N–H and O–H groups in total. The Hall–Kier alpha value is -2.98. The van der Waals surface area contributed by atoms with Gasteiger partial charge < -0.3 is 48.5 Å². The summed E-state index contributed by atoms with van der Waals surface area (Å²) < 4.78 is 38.4. The van der Waals surface area contributed by atoms with Crippen molar-refractivity contribution in [3.63, 3.8) is 0 Å². The van der Waals surface area contributed by atoms with E-state index in [9.17, 15) is 34.5 Å². The number of rotatable bonds is 21. The Kier molecular flexibility index (Phi) is 17.8. The summed E-state index contributed by atoms with van der Waals surface area (Å²) in [4.78, 5) is 48.8. The number of methoxy groups -OCH3 is 1. The molecular formula is C35H54O14. The van der Waals surface area contributed by atoms with Gasteiger partial charge in [-0.15, -0.1) is 13.2 Å². The van der Waals surface area contributed by atoms with E-state index >= 15 is 0 Å². The zero-order valence-electron chi connectivity index (χ0n) is 29.1. The van der Waals surface area contributed by atoms with Crippen molar-refractivity contribution in [1.29, 1.82) is 0 Å². The largest absolute Gasteiger partial charge is 0.466 e. The Morgan fingerprint density at radius 3 is 2.47 bits per heavy atom. The number of ketones is 1. The van der Waals surface area contributed by atoms with Gasteiger partial charge in [0, 0.05) is 57.3 Å². The van der Waals surface area contributed by atoms with E-state index in [2.05, 4.69) is 13.2 Å². The second-order valence-electron chi connectivity index (χ2n) is 12.9. The van der Waals surface area contributed by atoms with Gasteiger partial charge in [0.2, 0.25) is 5.79 Å². The van der Waals surface area contributed by atoms with Gasteiger partial charge in [-0.1, -0.05) is 26.0 Å². The number of esters is 3. The quantitative estimate of drug-likeness (QED) is 0.0521. The molecule has 0 saturated carbocycles. The first kappa shape index (κ1) is 42.2. The first-order valence-electron chi connectivity index (χ1n) is 16.6. The summed E-state index contributed by atoms with van der Waals surface area (Å²) >= 11 is 0. The molecule has 0 aromatic heterocycles. The van der Waals surface area contributed by atoms with Crippen LogP contribution in [0.5, 0.6) is 0 Å². The maximum atomic E-state index is 12.7. The summed E-state index contributed by atoms with van der Waals surface area (Å²) in [6, 6.07) is 0. The van der Waals surface area contributed by atoms with Crippen LogP contribution in [0.1, 0.15) is 78.6 Å². The number of aliphatic hydroxyl groups is 3. The predicted molar refractivity (Wildman–Crippen MR) is 175 cm³/mol. The fraction of sp³-hybridized carbons (Fsp3) is 0.714. The minimum Gasteiger partial charge on any atom is -0.466 e. The molecule has 0 aromatic carbocycles. The van der Waals surface area contributed by atoms with E-state index in [1.807, 2.05) is 0 Å². The highest BCUT2D eigenvalue weighted by Crippen LogP contribution is 2.46. The fourth-order valence-corrected chi connectivity index (χ4v) is 5.55. The Labute approximate surface area is 288 Å². The van der Waals surface area contributed by atoms with Crippen LogP contribution < -0.4 is 0 Å². The molecule has 0 radical (unpaired) electrons. The number of allylic oxidation sites excluding steroid dienone is 1. The molecule has 2 aliphatic rings. The number of hydrogen-bond acceptors (Lipinski definition) is 14. The van der Waals surface area contributed by atoms with E-state index in [1.165, 1.54) is 13.2 Å². The van der Waals surface area contributed by atoms with Crippen molar-refractivity contribution in [1.82, 2.24) is 0 Å². The molecule has 2 aliphatic heterocycles. The molecular weight excluding hydrogens is 644 g/mol. The minimum atomic E-state index is -2.19. The van der Waals surface area contributed by atoms with Gasteiger partial charge in [-0.05, 0) is 31.3 Å². The molecule has 278 valence electrons. The predicted octanol–water partition coefficient (Wildman–Crippen LogP) is 2.61. The second-order valence-corrected chi connectivity index (χ2v) is 12.9. The van der Waals surface area contributed by atoms with E-state index in [-0.39, 0.29) is 62.6 Å². The van der Waals surface area contributed by atoms with Crippen LogP contribution >= 0.6 is 0 Å². The third kappa shape index (κ3) is 13.7. The summed E-state index contributed by atoms with van der Waals surface area (Å²) in [5, 5.41) is 32.2. The average molecular weight is 699 g/mol. The molecule has 0 aliphatic carbocycles. The van der Waals surface area contributed by atoms with Crippen molar-refractivity contribution < 1.29 is 67.7 Å². The molecule has 0 bridgehead atoms. The van der Waals surface area contributed by atoms with Crippen molar-refractivity contribution in [2.45, 2.75) is 121 Å². The molecule has 2 fully saturated rings. The van der Waals surface area contributed by atoms with Crippen molar-refractivity contribution in [2.24, 2.45) is 5.41 Å². The lowest BCUT2D eigenvalue weighted by atomic mass is 9.74. The number of carbonyl (C=O) groups is 4. The molecule has 2 heterocycles. The number of carbonyl (C=O) groups excluding carboxylic acids is 4. The summed E-state index contributed by atoms with van der Waals surface area (Å²) in [6.45, 7) is 11.8. The first-order valence-corrected chi connectivity index (χ1v) is 16.6. The Bertz CT molecular complexity index is 1150. The third-order valence-corrected chi connectivity index (χ3v) is 8.55. The molecule has 0 aromatic rings. The van der Waals surface area contributed by atoms with Gasteiger partial charge >= 0.3 is 17.9 Å².